The monoisotopic (exact) mass is 507 g/mol. The minimum atomic E-state index is -0.827. The lowest BCUT2D eigenvalue weighted by Gasteiger charge is -2.18. The molecule has 0 spiro atoms. The second kappa shape index (κ2) is 11.3. The standard InChI is InChI=1S/C28H26ClNO6/c1-4-33-28(32)35-16-34-27-23-14-24(29)20(15-31)13-25(23)30-18(3)26(27)19-7-11-22(12-8-19)36-21-9-5-17(2)6-10-21/h5-14,31H,4,15-16H2,1-3H3. The maximum atomic E-state index is 11.7. The maximum Gasteiger partial charge on any atom is 0.511 e. The van der Waals surface area contributed by atoms with Gasteiger partial charge in [0.05, 0.1) is 18.7 Å². The molecule has 7 nitrogen and oxygen atoms in total. The number of carbonyl (C=O) groups is 1. The molecular weight excluding hydrogens is 482 g/mol. The second-order valence-corrected chi connectivity index (χ2v) is 8.46. The van der Waals surface area contributed by atoms with Gasteiger partial charge in [-0.1, -0.05) is 41.4 Å². The topological polar surface area (TPSA) is 87.1 Å². The third-order valence-corrected chi connectivity index (χ3v) is 5.85. The molecule has 8 heteroatoms. The molecule has 4 rings (SSSR count). The number of carbonyl (C=O) groups excluding carboxylic acids is 1. The Balaban J connectivity index is 1.72. The molecule has 3 aromatic carbocycles. The van der Waals surface area contributed by atoms with E-state index in [9.17, 15) is 9.90 Å². The number of aromatic nitrogens is 1. The van der Waals surface area contributed by atoms with Crippen molar-refractivity contribution in [3.05, 3.63) is 82.5 Å². The van der Waals surface area contributed by atoms with Crippen molar-refractivity contribution in [1.82, 2.24) is 4.98 Å². The van der Waals surface area contributed by atoms with Crippen LogP contribution in [0.1, 0.15) is 23.7 Å². The number of aliphatic hydroxyl groups excluding tert-OH is 1. The van der Waals surface area contributed by atoms with Crippen LogP contribution in [-0.4, -0.2) is 29.6 Å². The Kier molecular flexibility index (Phi) is 7.93. The van der Waals surface area contributed by atoms with Crippen LogP contribution in [0.4, 0.5) is 4.79 Å². The molecule has 0 saturated heterocycles. The summed E-state index contributed by atoms with van der Waals surface area (Å²) in [5.74, 6) is 1.87. The Bertz CT molecular complexity index is 1370. The summed E-state index contributed by atoms with van der Waals surface area (Å²) in [6.07, 6.45) is -0.827. The molecule has 0 atom stereocenters. The van der Waals surface area contributed by atoms with E-state index in [1.54, 1.807) is 19.1 Å². The summed E-state index contributed by atoms with van der Waals surface area (Å²) >= 11 is 6.38. The van der Waals surface area contributed by atoms with Gasteiger partial charge in [-0.2, -0.15) is 0 Å². The molecule has 1 aromatic heterocycles. The molecule has 0 saturated carbocycles. The zero-order valence-corrected chi connectivity index (χ0v) is 21.0. The van der Waals surface area contributed by atoms with Gasteiger partial charge >= 0.3 is 6.16 Å². The van der Waals surface area contributed by atoms with Crippen LogP contribution >= 0.6 is 11.6 Å². The van der Waals surface area contributed by atoms with E-state index in [-0.39, 0.29) is 20.0 Å². The molecule has 36 heavy (non-hydrogen) atoms. The van der Waals surface area contributed by atoms with Gasteiger partial charge in [-0.15, -0.1) is 0 Å². The van der Waals surface area contributed by atoms with Crippen molar-refractivity contribution in [2.24, 2.45) is 0 Å². The van der Waals surface area contributed by atoms with Crippen molar-refractivity contribution >= 4 is 28.7 Å². The quantitative estimate of drug-likeness (QED) is 0.203. The average Bonchev–Trinajstić information content (AvgIpc) is 2.86. The molecule has 0 aliphatic rings. The Hall–Kier alpha value is -3.81. The Morgan fingerprint density at radius 2 is 1.64 bits per heavy atom. The maximum absolute atomic E-state index is 11.7. The Morgan fingerprint density at radius 1 is 0.972 bits per heavy atom. The molecule has 0 unspecified atom stereocenters. The number of fused-ring (bicyclic) bond motifs is 1. The first kappa shape index (κ1) is 25.3. The highest BCUT2D eigenvalue weighted by Gasteiger charge is 2.19. The van der Waals surface area contributed by atoms with E-state index in [0.717, 1.165) is 16.9 Å². The minimum Gasteiger partial charge on any atom is -0.457 e. The summed E-state index contributed by atoms with van der Waals surface area (Å²) in [4.78, 5) is 16.4. The normalized spacial score (nSPS) is 10.8. The smallest absolute Gasteiger partial charge is 0.457 e. The molecule has 0 aliphatic carbocycles. The lowest BCUT2D eigenvalue weighted by molar-refractivity contribution is 0.00756. The molecule has 186 valence electrons. The first-order valence-corrected chi connectivity index (χ1v) is 11.8. The molecule has 0 fully saturated rings. The summed E-state index contributed by atoms with van der Waals surface area (Å²) in [5, 5.41) is 10.6. The number of ether oxygens (including phenoxy) is 4. The Morgan fingerprint density at radius 3 is 2.28 bits per heavy atom. The summed E-state index contributed by atoms with van der Waals surface area (Å²) in [6.45, 7) is 5.18. The van der Waals surface area contributed by atoms with Gasteiger partial charge in [-0.3, -0.25) is 4.98 Å². The second-order valence-electron chi connectivity index (χ2n) is 8.05. The molecular formula is C28H26ClNO6. The van der Waals surface area contributed by atoms with E-state index >= 15 is 0 Å². The first-order chi connectivity index (χ1) is 17.4. The molecule has 0 radical (unpaired) electrons. The SMILES string of the molecule is CCOC(=O)OCOc1c(-c2ccc(Oc3ccc(C)cc3)cc2)c(C)nc2cc(CO)c(Cl)cc12. The van der Waals surface area contributed by atoms with Crippen LogP contribution in [0.25, 0.3) is 22.0 Å². The highest BCUT2D eigenvalue weighted by Crippen LogP contribution is 2.40. The molecule has 0 amide bonds. The van der Waals surface area contributed by atoms with Crippen LogP contribution in [0.15, 0.2) is 60.7 Å². The Labute approximate surface area is 214 Å². The summed E-state index contributed by atoms with van der Waals surface area (Å²) in [7, 11) is 0. The minimum absolute atomic E-state index is 0.192. The fraction of sp³-hybridized carbons (Fsp3) is 0.214. The van der Waals surface area contributed by atoms with E-state index in [4.69, 9.17) is 35.5 Å². The van der Waals surface area contributed by atoms with Crippen LogP contribution in [0.3, 0.4) is 0 Å². The third kappa shape index (κ3) is 5.70. The predicted molar refractivity (Wildman–Crippen MR) is 138 cm³/mol. The highest BCUT2D eigenvalue weighted by molar-refractivity contribution is 6.32. The van der Waals surface area contributed by atoms with Crippen LogP contribution in [0.5, 0.6) is 17.2 Å². The lowest BCUT2D eigenvalue weighted by atomic mass is 9.99. The van der Waals surface area contributed by atoms with Gasteiger partial charge in [-0.25, -0.2) is 4.79 Å². The van der Waals surface area contributed by atoms with Gasteiger partial charge in [-0.05, 0) is 68.3 Å². The molecule has 0 aliphatic heterocycles. The molecule has 0 bridgehead atoms. The number of hydrogen-bond donors (Lipinski definition) is 1. The average molecular weight is 508 g/mol. The number of pyridine rings is 1. The number of aryl methyl sites for hydroxylation is 2. The number of hydrogen-bond acceptors (Lipinski definition) is 7. The number of benzene rings is 3. The largest absolute Gasteiger partial charge is 0.511 e. The van der Waals surface area contributed by atoms with E-state index in [1.165, 1.54) is 0 Å². The van der Waals surface area contributed by atoms with Gasteiger partial charge < -0.3 is 24.1 Å². The molecule has 1 N–H and O–H groups in total. The van der Waals surface area contributed by atoms with Crippen molar-refractivity contribution in [3.63, 3.8) is 0 Å². The molecule has 4 aromatic rings. The molecule has 1 heterocycles. The summed E-state index contributed by atoms with van der Waals surface area (Å²) in [5.41, 5.74) is 4.52. The van der Waals surface area contributed by atoms with Crippen molar-refractivity contribution in [1.29, 1.82) is 0 Å². The van der Waals surface area contributed by atoms with Crippen LogP contribution < -0.4 is 9.47 Å². The van der Waals surface area contributed by atoms with Crippen molar-refractivity contribution in [3.8, 4) is 28.4 Å². The summed E-state index contributed by atoms with van der Waals surface area (Å²) in [6, 6.07) is 18.7. The van der Waals surface area contributed by atoms with E-state index in [0.29, 0.717) is 44.2 Å². The van der Waals surface area contributed by atoms with Gasteiger partial charge in [0.1, 0.15) is 17.2 Å². The number of rotatable bonds is 8. The van der Waals surface area contributed by atoms with Crippen LogP contribution in [0.2, 0.25) is 5.02 Å². The van der Waals surface area contributed by atoms with Gasteiger partial charge in [0.25, 0.3) is 0 Å². The number of aliphatic hydroxyl groups is 1. The van der Waals surface area contributed by atoms with Gasteiger partial charge in [0.2, 0.25) is 6.79 Å². The third-order valence-electron chi connectivity index (χ3n) is 5.50. The zero-order chi connectivity index (χ0) is 25.7. The summed E-state index contributed by atoms with van der Waals surface area (Å²) < 4.78 is 21.7. The predicted octanol–water partition coefficient (Wildman–Crippen LogP) is 6.97. The first-order valence-electron chi connectivity index (χ1n) is 11.4. The van der Waals surface area contributed by atoms with Gasteiger partial charge in [0, 0.05) is 21.7 Å². The lowest BCUT2D eigenvalue weighted by Crippen LogP contribution is -2.12. The number of halogens is 1. The van der Waals surface area contributed by atoms with Crippen molar-refractivity contribution in [2.75, 3.05) is 13.4 Å². The number of nitrogens with zero attached hydrogens (tertiary/aromatic N) is 1. The van der Waals surface area contributed by atoms with E-state index < -0.39 is 6.16 Å². The van der Waals surface area contributed by atoms with Gasteiger partial charge in [0.15, 0.2) is 0 Å². The zero-order valence-electron chi connectivity index (χ0n) is 20.2. The van der Waals surface area contributed by atoms with Crippen LogP contribution in [0, 0.1) is 13.8 Å². The van der Waals surface area contributed by atoms with Crippen LogP contribution in [-0.2, 0) is 16.1 Å². The fourth-order valence-electron chi connectivity index (χ4n) is 3.75. The van der Waals surface area contributed by atoms with Crippen molar-refractivity contribution in [2.45, 2.75) is 27.4 Å². The van der Waals surface area contributed by atoms with Crippen molar-refractivity contribution < 1.29 is 28.8 Å². The highest BCUT2D eigenvalue weighted by atomic mass is 35.5. The van der Waals surface area contributed by atoms with E-state index in [1.807, 2.05) is 62.4 Å². The fourth-order valence-corrected chi connectivity index (χ4v) is 3.98. The van der Waals surface area contributed by atoms with E-state index in [2.05, 4.69) is 0 Å².